The molecule has 214 valence electrons. The van der Waals surface area contributed by atoms with E-state index < -0.39 is 24.5 Å². The number of carbonyl (C=O) groups is 3. The van der Waals surface area contributed by atoms with Crippen LogP contribution in [0.2, 0.25) is 0 Å². The molecule has 1 saturated carbocycles. The summed E-state index contributed by atoms with van der Waals surface area (Å²) in [6.45, 7) is 1.85. The highest BCUT2D eigenvalue weighted by atomic mass is 19.3. The van der Waals surface area contributed by atoms with Gasteiger partial charge in [0.2, 0.25) is 5.95 Å². The van der Waals surface area contributed by atoms with Crippen molar-refractivity contribution in [1.29, 1.82) is 0 Å². The van der Waals surface area contributed by atoms with Gasteiger partial charge in [-0.3, -0.25) is 9.59 Å². The Bertz CT molecular complexity index is 1310. The number of rotatable bonds is 5. The Hall–Kier alpha value is -4.03. The van der Waals surface area contributed by atoms with Crippen molar-refractivity contribution in [1.82, 2.24) is 20.2 Å². The van der Waals surface area contributed by atoms with Crippen LogP contribution >= 0.6 is 0 Å². The number of alkyl halides is 2. The zero-order valence-corrected chi connectivity index (χ0v) is 22.5. The van der Waals surface area contributed by atoms with E-state index in [0.717, 1.165) is 36.1 Å². The maximum atomic E-state index is 14.8. The maximum absolute atomic E-state index is 14.8. The van der Waals surface area contributed by atoms with Crippen molar-refractivity contribution >= 4 is 41.0 Å². The fourth-order valence-corrected chi connectivity index (χ4v) is 5.65. The zero-order valence-electron chi connectivity index (χ0n) is 22.5. The van der Waals surface area contributed by atoms with E-state index in [9.17, 15) is 23.2 Å². The summed E-state index contributed by atoms with van der Waals surface area (Å²) in [4.78, 5) is 49.1. The van der Waals surface area contributed by atoms with E-state index in [0.29, 0.717) is 43.0 Å². The highest BCUT2D eigenvalue weighted by molar-refractivity contribution is 6.02. The number of benzene rings is 1. The van der Waals surface area contributed by atoms with Gasteiger partial charge in [-0.2, -0.15) is 13.8 Å². The van der Waals surface area contributed by atoms with Crippen molar-refractivity contribution in [3.63, 3.8) is 0 Å². The molecule has 1 aromatic carbocycles. The Morgan fingerprint density at radius 2 is 1.82 bits per heavy atom. The lowest BCUT2D eigenvalue weighted by Gasteiger charge is -2.31. The molecule has 2 fully saturated rings. The molecule has 3 N–H and O–H groups in total. The fraction of sp³-hybridized carbons (Fsp3) is 0.519. The van der Waals surface area contributed by atoms with Gasteiger partial charge >= 0.3 is 12.0 Å². The molecule has 1 aliphatic carbocycles. The molecule has 40 heavy (non-hydrogen) atoms. The summed E-state index contributed by atoms with van der Waals surface area (Å²) in [5, 5.41) is 15.2. The van der Waals surface area contributed by atoms with E-state index in [1.165, 1.54) is 18.1 Å². The summed E-state index contributed by atoms with van der Waals surface area (Å²) in [6.07, 6.45) is 4.91. The highest BCUT2D eigenvalue weighted by Crippen LogP contribution is 2.39. The number of hydrogen-bond donors (Lipinski definition) is 3. The average Bonchev–Trinajstić information content (AvgIpc) is 3.45. The van der Waals surface area contributed by atoms with E-state index in [-0.39, 0.29) is 29.6 Å². The molecule has 0 radical (unpaired) electrons. The van der Waals surface area contributed by atoms with Gasteiger partial charge in [0, 0.05) is 43.5 Å². The first-order valence-electron chi connectivity index (χ1n) is 13.5. The highest BCUT2D eigenvalue weighted by Gasteiger charge is 2.48. The second-order valence-corrected chi connectivity index (χ2v) is 10.7. The number of fused-ring (bicyclic) bond motifs is 1. The summed E-state index contributed by atoms with van der Waals surface area (Å²) in [6, 6.07) is 4.88. The van der Waals surface area contributed by atoms with Gasteiger partial charge in [0.25, 0.3) is 11.8 Å². The van der Waals surface area contributed by atoms with E-state index >= 15 is 0 Å². The normalized spacial score (nSPS) is 19.8. The second-order valence-electron chi connectivity index (χ2n) is 10.7. The molecule has 13 heteroatoms. The molecule has 3 heterocycles. The number of aromatic nitrogens is 2. The summed E-state index contributed by atoms with van der Waals surface area (Å²) in [7, 11) is 1.31. The third-order valence-electron chi connectivity index (χ3n) is 7.97. The largest absolute Gasteiger partial charge is 0.465 e. The molecule has 1 aromatic heterocycles. The molecule has 2 aliphatic heterocycles. The number of piperidine rings is 1. The van der Waals surface area contributed by atoms with Crippen LogP contribution in [0.25, 0.3) is 0 Å². The molecule has 0 bridgehead atoms. The van der Waals surface area contributed by atoms with Crippen LogP contribution < -0.4 is 20.4 Å². The molecule has 5 rings (SSSR count). The standard InChI is InChI=1S/C27H33F2N7O4/c1-16-13-17(23(37)31-18-9-11-35(12-10-18)26(39)40)7-8-20(16)32-25-30-14-21-22(33-25)36(19-5-3-4-6-19)15-27(28,29)24(38)34(21)2/h7-8,13-14,18-19H,3-6,9-12,15H2,1-2H3,(H,31,37)(H,39,40)(H,30,32,33). The number of halogens is 2. The van der Waals surface area contributed by atoms with Crippen molar-refractivity contribution < 1.29 is 28.3 Å². The van der Waals surface area contributed by atoms with E-state index in [4.69, 9.17) is 5.11 Å². The molecular formula is C27H33F2N7O4. The van der Waals surface area contributed by atoms with Gasteiger partial charge in [-0.25, -0.2) is 9.78 Å². The lowest BCUT2D eigenvalue weighted by atomic mass is 10.0. The van der Waals surface area contributed by atoms with E-state index in [1.807, 2.05) is 6.92 Å². The van der Waals surface area contributed by atoms with Gasteiger partial charge in [0.15, 0.2) is 5.82 Å². The lowest BCUT2D eigenvalue weighted by Crippen LogP contribution is -2.48. The van der Waals surface area contributed by atoms with Crippen molar-refractivity contribution in [2.24, 2.45) is 0 Å². The summed E-state index contributed by atoms with van der Waals surface area (Å²) in [5.74, 6) is -4.59. The Kier molecular flexibility index (Phi) is 7.47. The molecular weight excluding hydrogens is 524 g/mol. The number of anilines is 4. The third-order valence-corrected chi connectivity index (χ3v) is 7.97. The fourth-order valence-electron chi connectivity index (χ4n) is 5.65. The minimum atomic E-state index is -3.55. The van der Waals surface area contributed by atoms with Gasteiger partial charge in [-0.05, 0) is 56.4 Å². The number of nitrogens with one attached hydrogen (secondary N) is 2. The Labute approximate surface area is 230 Å². The van der Waals surface area contributed by atoms with Crippen molar-refractivity contribution in [2.45, 2.75) is 63.5 Å². The van der Waals surface area contributed by atoms with Crippen LogP contribution in [-0.4, -0.2) is 82.6 Å². The average molecular weight is 558 g/mol. The number of aryl methyl sites for hydroxylation is 1. The SMILES string of the molecule is Cc1cc(C(=O)NC2CCN(C(=O)O)CC2)ccc1Nc1ncc2c(n1)N(C1CCCC1)CC(F)(F)C(=O)N2C. The monoisotopic (exact) mass is 557 g/mol. The lowest BCUT2D eigenvalue weighted by molar-refractivity contribution is -0.140. The minimum absolute atomic E-state index is 0.102. The Morgan fingerprint density at radius 3 is 2.48 bits per heavy atom. The van der Waals surface area contributed by atoms with Gasteiger partial charge in [0.1, 0.15) is 5.69 Å². The molecule has 11 nitrogen and oxygen atoms in total. The van der Waals surface area contributed by atoms with Crippen molar-refractivity contribution in [3.8, 4) is 0 Å². The number of likely N-dealkylation sites (tertiary alicyclic amines) is 1. The first-order valence-corrected chi connectivity index (χ1v) is 13.5. The van der Waals surface area contributed by atoms with E-state index in [1.54, 1.807) is 23.1 Å². The van der Waals surface area contributed by atoms with Crippen LogP contribution in [0.4, 0.5) is 36.7 Å². The molecule has 3 aliphatic rings. The number of nitrogens with zero attached hydrogens (tertiary/aromatic N) is 5. The second kappa shape index (κ2) is 10.9. The maximum Gasteiger partial charge on any atom is 0.407 e. The predicted octanol–water partition coefficient (Wildman–Crippen LogP) is 3.76. The van der Waals surface area contributed by atoms with Gasteiger partial charge in [-0.1, -0.05) is 12.8 Å². The summed E-state index contributed by atoms with van der Waals surface area (Å²) < 4.78 is 29.6. The van der Waals surface area contributed by atoms with Crippen molar-refractivity contribution in [2.75, 3.05) is 41.8 Å². The number of hydrogen-bond acceptors (Lipinski definition) is 7. The van der Waals surface area contributed by atoms with Gasteiger partial charge in [0.05, 0.1) is 12.7 Å². The third kappa shape index (κ3) is 5.50. The van der Waals surface area contributed by atoms with Gasteiger partial charge in [-0.15, -0.1) is 0 Å². The molecule has 0 atom stereocenters. The quantitative estimate of drug-likeness (QED) is 0.507. The molecule has 0 spiro atoms. The van der Waals surface area contributed by atoms with Gasteiger partial charge < -0.3 is 30.4 Å². The summed E-state index contributed by atoms with van der Waals surface area (Å²) in [5.41, 5.74) is 2.08. The zero-order chi connectivity index (χ0) is 28.6. The number of amides is 3. The molecule has 3 amide bonds. The smallest absolute Gasteiger partial charge is 0.407 e. The number of carbonyl (C=O) groups excluding carboxylic acids is 2. The molecule has 1 saturated heterocycles. The van der Waals surface area contributed by atoms with Crippen LogP contribution in [0.1, 0.15) is 54.4 Å². The summed E-state index contributed by atoms with van der Waals surface area (Å²) >= 11 is 0. The number of carboxylic acid groups (broad SMARTS) is 1. The van der Waals surface area contributed by atoms with Crippen LogP contribution in [0.15, 0.2) is 24.4 Å². The molecule has 0 unspecified atom stereocenters. The van der Waals surface area contributed by atoms with Crippen molar-refractivity contribution in [3.05, 3.63) is 35.5 Å². The molecule has 2 aromatic rings. The minimum Gasteiger partial charge on any atom is -0.465 e. The van der Waals surface area contributed by atoms with Crippen LogP contribution in [0.5, 0.6) is 0 Å². The van der Waals surface area contributed by atoms with Crippen LogP contribution in [0, 0.1) is 6.92 Å². The topological polar surface area (TPSA) is 131 Å². The van der Waals surface area contributed by atoms with Crippen LogP contribution in [0.3, 0.4) is 0 Å². The van der Waals surface area contributed by atoms with Crippen LogP contribution in [-0.2, 0) is 4.79 Å². The first kappa shape index (κ1) is 27.5. The Balaban J connectivity index is 1.33. The first-order chi connectivity index (χ1) is 19.0. The predicted molar refractivity (Wildman–Crippen MR) is 145 cm³/mol. The van der Waals surface area contributed by atoms with E-state index in [2.05, 4.69) is 20.6 Å². The Morgan fingerprint density at radius 1 is 1.12 bits per heavy atom.